The number of hydrogen-bond donors (Lipinski definition) is 2. The van der Waals surface area contributed by atoms with Crippen LogP contribution in [-0.4, -0.2) is 77.3 Å². The second-order valence-electron chi connectivity index (χ2n) is 8.18. The van der Waals surface area contributed by atoms with Crippen LogP contribution in [0.5, 0.6) is 0 Å². The number of carbonyl (C=O) groups excluding carboxylic acids is 1. The van der Waals surface area contributed by atoms with Gasteiger partial charge in [0, 0.05) is 32.7 Å². The SMILES string of the molecule is Cc1ccc(F)c(NC(=O)c2coc(CN3CCN(C[C@@H](O)COC(C)C)CC3)n2)c1. The van der Waals surface area contributed by atoms with Gasteiger partial charge in [-0.3, -0.25) is 14.6 Å². The van der Waals surface area contributed by atoms with Crippen LogP contribution in [0, 0.1) is 12.7 Å². The number of anilines is 1. The molecular formula is C22H31FN4O4. The number of oxazole rings is 1. The lowest BCUT2D eigenvalue weighted by Gasteiger charge is -2.35. The van der Waals surface area contributed by atoms with Crippen molar-refractivity contribution in [1.29, 1.82) is 0 Å². The molecule has 1 aromatic carbocycles. The molecule has 8 nitrogen and oxygen atoms in total. The monoisotopic (exact) mass is 434 g/mol. The Morgan fingerprint density at radius 1 is 1.29 bits per heavy atom. The predicted molar refractivity (Wildman–Crippen MR) is 114 cm³/mol. The first-order chi connectivity index (χ1) is 14.8. The minimum absolute atomic E-state index is 0.107. The van der Waals surface area contributed by atoms with Crippen molar-refractivity contribution in [2.45, 2.75) is 39.5 Å². The van der Waals surface area contributed by atoms with Crippen LogP contribution < -0.4 is 5.32 Å². The summed E-state index contributed by atoms with van der Waals surface area (Å²) >= 11 is 0. The van der Waals surface area contributed by atoms with Crippen molar-refractivity contribution in [2.75, 3.05) is 44.6 Å². The number of piperazine rings is 1. The third-order valence-corrected chi connectivity index (χ3v) is 5.07. The number of amides is 1. The van der Waals surface area contributed by atoms with Gasteiger partial charge in [-0.15, -0.1) is 0 Å². The fraction of sp³-hybridized carbons (Fsp3) is 0.545. The van der Waals surface area contributed by atoms with E-state index in [-0.39, 0.29) is 17.5 Å². The molecular weight excluding hydrogens is 403 g/mol. The van der Waals surface area contributed by atoms with Gasteiger partial charge in [-0.25, -0.2) is 9.37 Å². The summed E-state index contributed by atoms with van der Waals surface area (Å²) in [5.41, 5.74) is 1.08. The van der Waals surface area contributed by atoms with Gasteiger partial charge in [-0.05, 0) is 38.5 Å². The van der Waals surface area contributed by atoms with E-state index in [0.29, 0.717) is 25.6 Å². The van der Waals surface area contributed by atoms with Crippen molar-refractivity contribution in [2.24, 2.45) is 0 Å². The topological polar surface area (TPSA) is 91.1 Å². The molecule has 0 bridgehead atoms. The van der Waals surface area contributed by atoms with E-state index in [1.807, 2.05) is 20.8 Å². The molecule has 9 heteroatoms. The lowest BCUT2D eigenvalue weighted by molar-refractivity contribution is -0.0151. The maximum atomic E-state index is 13.9. The first-order valence-electron chi connectivity index (χ1n) is 10.6. The van der Waals surface area contributed by atoms with Crippen LogP contribution in [0.15, 0.2) is 28.9 Å². The minimum atomic E-state index is -0.512. The summed E-state index contributed by atoms with van der Waals surface area (Å²) in [5, 5.41) is 12.6. The highest BCUT2D eigenvalue weighted by molar-refractivity contribution is 6.02. The maximum Gasteiger partial charge on any atom is 0.277 e. The van der Waals surface area contributed by atoms with E-state index in [9.17, 15) is 14.3 Å². The number of halogens is 1. The summed E-state index contributed by atoms with van der Waals surface area (Å²) in [7, 11) is 0. The number of nitrogens with zero attached hydrogens (tertiary/aromatic N) is 3. The molecule has 0 saturated carbocycles. The quantitative estimate of drug-likeness (QED) is 0.626. The van der Waals surface area contributed by atoms with Crippen molar-refractivity contribution in [3.8, 4) is 0 Å². The fourth-order valence-electron chi connectivity index (χ4n) is 3.38. The standard InChI is InChI=1S/C22H31FN4O4/c1-15(2)30-13-17(28)11-26-6-8-27(9-7-26)12-21-24-20(14-31-21)22(29)25-19-10-16(3)4-5-18(19)23/h4-5,10,14-15,17,28H,6-9,11-13H2,1-3H3,(H,25,29)/t17-/m1/s1. The van der Waals surface area contributed by atoms with Crippen molar-refractivity contribution in [1.82, 2.24) is 14.8 Å². The van der Waals surface area contributed by atoms with Crippen LogP contribution in [0.3, 0.4) is 0 Å². The number of carbonyl (C=O) groups is 1. The molecule has 0 unspecified atom stereocenters. The number of aryl methyl sites for hydroxylation is 1. The van der Waals surface area contributed by atoms with Gasteiger partial charge in [0.1, 0.15) is 12.1 Å². The normalized spacial score (nSPS) is 16.6. The highest BCUT2D eigenvalue weighted by Gasteiger charge is 2.22. The number of aliphatic hydroxyl groups is 1. The number of aliphatic hydroxyl groups excluding tert-OH is 1. The summed E-state index contributed by atoms with van der Waals surface area (Å²) in [4.78, 5) is 21.0. The Morgan fingerprint density at radius 2 is 2.00 bits per heavy atom. The molecule has 1 saturated heterocycles. The van der Waals surface area contributed by atoms with Gasteiger partial charge in [0.25, 0.3) is 5.91 Å². The highest BCUT2D eigenvalue weighted by Crippen LogP contribution is 2.17. The second-order valence-corrected chi connectivity index (χ2v) is 8.18. The van der Waals surface area contributed by atoms with E-state index in [2.05, 4.69) is 20.1 Å². The third-order valence-electron chi connectivity index (χ3n) is 5.07. The van der Waals surface area contributed by atoms with Crippen LogP contribution >= 0.6 is 0 Å². The lowest BCUT2D eigenvalue weighted by atomic mass is 10.2. The molecule has 3 rings (SSSR count). The zero-order valence-electron chi connectivity index (χ0n) is 18.3. The molecule has 0 radical (unpaired) electrons. The molecule has 1 fully saturated rings. The average molecular weight is 435 g/mol. The number of aromatic nitrogens is 1. The van der Waals surface area contributed by atoms with Crippen molar-refractivity contribution >= 4 is 11.6 Å². The zero-order chi connectivity index (χ0) is 22.4. The van der Waals surface area contributed by atoms with Gasteiger partial charge in [0.05, 0.1) is 31.0 Å². The third kappa shape index (κ3) is 7.10. The number of hydrogen-bond acceptors (Lipinski definition) is 7. The van der Waals surface area contributed by atoms with Gasteiger partial charge in [-0.2, -0.15) is 0 Å². The van der Waals surface area contributed by atoms with Crippen LogP contribution in [0.1, 0.15) is 35.8 Å². The van der Waals surface area contributed by atoms with Crippen molar-refractivity contribution in [3.05, 3.63) is 47.4 Å². The van der Waals surface area contributed by atoms with E-state index in [1.54, 1.807) is 12.1 Å². The molecule has 1 aliphatic rings. The Hall–Kier alpha value is -2.33. The highest BCUT2D eigenvalue weighted by atomic mass is 19.1. The Bertz CT molecular complexity index is 865. The maximum absolute atomic E-state index is 13.9. The Morgan fingerprint density at radius 3 is 2.71 bits per heavy atom. The van der Waals surface area contributed by atoms with Gasteiger partial charge >= 0.3 is 0 Å². The first-order valence-corrected chi connectivity index (χ1v) is 10.6. The zero-order valence-corrected chi connectivity index (χ0v) is 18.3. The number of ether oxygens (including phenoxy) is 1. The summed E-state index contributed by atoms with van der Waals surface area (Å²) in [6.45, 7) is 10.4. The van der Waals surface area contributed by atoms with Crippen LogP contribution in [0.4, 0.5) is 10.1 Å². The summed E-state index contributed by atoms with van der Waals surface area (Å²) < 4.78 is 24.8. The second kappa shape index (κ2) is 10.8. The molecule has 0 spiro atoms. The average Bonchev–Trinajstić information content (AvgIpc) is 3.19. The molecule has 1 aliphatic heterocycles. The largest absolute Gasteiger partial charge is 0.447 e. The molecule has 1 aromatic heterocycles. The molecule has 31 heavy (non-hydrogen) atoms. The smallest absolute Gasteiger partial charge is 0.277 e. The van der Waals surface area contributed by atoms with E-state index in [1.165, 1.54) is 12.3 Å². The van der Waals surface area contributed by atoms with E-state index >= 15 is 0 Å². The van der Waals surface area contributed by atoms with E-state index in [0.717, 1.165) is 31.7 Å². The Labute approximate surface area is 182 Å². The Kier molecular flexibility index (Phi) is 8.14. The number of rotatable bonds is 9. The molecule has 0 aliphatic carbocycles. The molecule has 1 amide bonds. The van der Waals surface area contributed by atoms with Gasteiger partial charge in [0.2, 0.25) is 5.89 Å². The number of β-amino-alcohol motifs (C(OH)–C–C–N with tert-alkyl or cyclic N) is 1. The molecule has 2 N–H and O–H groups in total. The summed E-state index contributed by atoms with van der Waals surface area (Å²) in [6.07, 6.45) is 0.898. The van der Waals surface area contributed by atoms with E-state index in [4.69, 9.17) is 9.15 Å². The van der Waals surface area contributed by atoms with Crippen molar-refractivity contribution in [3.63, 3.8) is 0 Å². The van der Waals surface area contributed by atoms with E-state index < -0.39 is 17.8 Å². The predicted octanol–water partition coefficient (Wildman–Crippen LogP) is 2.28. The molecule has 1 atom stereocenters. The first kappa shape index (κ1) is 23.3. The van der Waals surface area contributed by atoms with Gasteiger partial charge in [0.15, 0.2) is 5.69 Å². The van der Waals surface area contributed by atoms with Crippen LogP contribution in [-0.2, 0) is 11.3 Å². The van der Waals surface area contributed by atoms with Gasteiger partial charge in [-0.1, -0.05) is 6.07 Å². The molecule has 2 aromatic rings. The number of benzene rings is 1. The molecule has 170 valence electrons. The molecule has 2 heterocycles. The van der Waals surface area contributed by atoms with Crippen molar-refractivity contribution < 1.29 is 23.4 Å². The lowest BCUT2D eigenvalue weighted by Crippen LogP contribution is -2.48. The summed E-state index contributed by atoms with van der Waals surface area (Å²) in [6, 6.07) is 4.52. The number of nitrogens with one attached hydrogen (secondary N) is 1. The van der Waals surface area contributed by atoms with Crippen LogP contribution in [0.25, 0.3) is 0 Å². The minimum Gasteiger partial charge on any atom is -0.447 e. The van der Waals surface area contributed by atoms with Gasteiger partial charge < -0.3 is 19.6 Å². The fourth-order valence-corrected chi connectivity index (χ4v) is 3.38. The summed E-state index contributed by atoms with van der Waals surface area (Å²) in [5.74, 6) is -0.572. The Balaban J connectivity index is 1.45. The van der Waals surface area contributed by atoms with Crippen LogP contribution in [0.2, 0.25) is 0 Å².